The number of likely N-dealkylation sites (N-methyl/N-ethyl adjacent to an activating group) is 1. The highest BCUT2D eigenvalue weighted by molar-refractivity contribution is 5.97. The first-order chi connectivity index (χ1) is 14.5. The number of hydrogen-bond donors (Lipinski definition) is 2. The van der Waals surface area contributed by atoms with E-state index >= 15 is 0 Å². The van der Waals surface area contributed by atoms with Gasteiger partial charge in [0.1, 0.15) is 6.54 Å². The minimum Gasteiger partial charge on any atom is -0.338 e. The van der Waals surface area contributed by atoms with Crippen LogP contribution in [0, 0.1) is 0 Å². The van der Waals surface area contributed by atoms with E-state index < -0.39 is 0 Å². The third-order valence-electron chi connectivity index (χ3n) is 5.15. The Morgan fingerprint density at radius 2 is 1.80 bits per heavy atom. The number of benzene rings is 2. The second-order valence-electron chi connectivity index (χ2n) is 7.46. The maximum atomic E-state index is 12.4. The largest absolute Gasteiger partial charge is 0.338 e. The first-order valence-electron chi connectivity index (χ1n) is 10.2. The van der Waals surface area contributed by atoms with Gasteiger partial charge in [0.05, 0.1) is 0 Å². The van der Waals surface area contributed by atoms with Gasteiger partial charge in [-0.3, -0.25) is 9.59 Å². The number of likely N-dealkylation sites (tertiary alicyclic amines) is 1. The molecule has 0 spiro atoms. The van der Waals surface area contributed by atoms with Crippen LogP contribution in [-0.2, 0) is 22.6 Å². The molecule has 7 nitrogen and oxygen atoms in total. The van der Waals surface area contributed by atoms with Crippen molar-refractivity contribution < 1.29 is 14.4 Å². The Morgan fingerprint density at radius 3 is 2.47 bits per heavy atom. The maximum Gasteiger partial charge on any atom is 0.322 e. The van der Waals surface area contributed by atoms with E-state index in [4.69, 9.17) is 0 Å². The normalized spacial score (nSPS) is 13.3. The molecular weight excluding hydrogens is 380 g/mol. The van der Waals surface area contributed by atoms with Crippen LogP contribution in [0.15, 0.2) is 48.5 Å². The number of urea groups is 1. The van der Waals surface area contributed by atoms with Gasteiger partial charge in [-0.1, -0.05) is 37.3 Å². The van der Waals surface area contributed by atoms with Crippen molar-refractivity contribution in [1.29, 1.82) is 0 Å². The molecule has 1 aliphatic rings. The second kappa shape index (κ2) is 9.91. The van der Waals surface area contributed by atoms with Crippen molar-refractivity contribution in [2.75, 3.05) is 30.8 Å². The maximum absolute atomic E-state index is 12.4. The summed E-state index contributed by atoms with van der Waals surface area (Å²) < 4.78 is 0. The van der Waals surface area contributed by atoms with Crippen LogP contribution < -0.4 is 10.6 Å². The van der Waals surface area contributed by atoms with Gasteiger partial charge in [-0.2, -0.15) is 0 Å². The van der Waals surface area contributed by atoms with Crippen LogP contribution in [0.1, 0.15) is 30.9 Å². The Bertz CT molecular complexity index is 911. The van der Waals surface area contributed by atoms with E-state index in [9.17, 15) is 14.4 Å². The Labute approximate surface area is 177 Å². The van der Waals surface area contributed by atoms with Gasteiger partial charge < -0.3 is 20.4 Å². The lowest BCUT2D eigenvalue weighted by molar-refractivity contribution is -0.128. The zero-order valence-electron chi connectivity index (χ0n) is 17.5. The van der Waals surface area contributed by atoms with Gasteiger partial charge in [0.2, 0.25) is 11.8 Å². The molecular formula is C23H28N4O3. The molecule has 0 bridgehead atoms. The number of carbonyl (C=O) groups excluding carboxylic acids is 3. The molecule has 1 aliphatic heterocycles. The average Bonchev–Trinajstić information content (AvgIpc) is 3.14. The van der Waals surface area contributed by atoms with Gasteiger partial charge in [0, 0.05) is 37.9 Å². The SMILES string of the molecule is CCc1ccccc1NC(=O)CN(C)C(=O)Nc1ccc(CN2CCCC2=O)cc1. The summed E-state index contributed by atoms with van der Waals surface area (Å²) in [6.07, 6.45) is 2.35. The summed E-state index contributed by atoms with van der Waals surface area (Å²) in [4.78, 5) is 39.6. The van der Waals surface area contributed by atoms with E-state index in [2.05, 4.69) is 10.6 Å². The predicted molar refractivity (Wildman–Crippen MR) is 117 cm³/mol. The summed E-state index contributed by atoms with van der Waals surface area (Å²) in [6, 6.07) is 14.7. The number of aryl methyl sites for hydroxylation is 1. The van der Waals surface area contributed by atoms with Crippen LogP contribution in [0.4, 0.5) is 16.2 Å². The lowest BCUT2D eigenvalue weighted by Crippen LogP contribution is -2.37. The van der Waals surface area contributed by atoms with E-state index in [0.717, 1.165) is 36.2 Å². The van der Waals surface area contributed by atoms with Crippen LogP contribution in [0.2, 0.25) is 0 Å². The van der Waals surface area contributed by atoms with Crippen molar-refractivity contribution in [3.8, 4) is 0 Å². The average molecular weight is 409 g/mol. The zero-order valence-corrected chi connectivity index (χ0v) is 17.5. The number of nitrogens with one attached hydrogen (secondary N) is 2. The number of carbonyl (C=O) groups is 3. The third-order valence-corrected chi connectivity index (χ3v) is 5.15. The fourth-order valence-electron chi connectivity index (χ4n) is 3.43. The first kappa shape index (κ1) is 21.4. The number of anilines is 2. The molecule has 0 aromatic heterocycles. The van der Waals surface area contributed by atoms with Gasteiger partial charge in [0.25, 0.3) is 0 Å². The number of amides is 4. The van der Waals surface area contributed by atoms with Crippen molar-refractivity contribution in [3.63, 3.8) is 0 Å². The highest BCUT2D eigenvalue weighted by atomic mass is 16.2. The van der Waals surface area contributed by atoms with E-state index in [0.29, 0.717) is 18.7 Å². The fraction of sp³-hybridized carbons (Fsp3) is 0.348. The van der Waals surface area contributed by atoms with Gasteiger partial charge in [-0.15, -0.1) is 0 Å². The molecule has 158 valence electrons. The molecule has 1 heterocycles. The number of nitrogens with zero attached hydrogens (tertiary/aromatic N) is 2. The standard InChI is InChI=1S/C23H28N4O3/c1-3-18-7-4-5-8-20(18)25-21(28)16-26(2)23(30)24-19-12-10-17(11-13-19)15-27-14-6-9-22(27)29/h4-5,7-8,10-13H,3,6,9,14-16H2,1-2H3,(H,24,30)(H,25,28). The topological polar surface area (TPSA) is 81.8 Å². The highest BCUT2D eigenvalue weighted by Crippen LogP contribution is 2.17. The van der Waals surface area contributed by atoms with Crippen LogP contribution in [0.3, 0.4) is 0 Å². The molecule has 1 saturated heterocycles. The molecule has 4 amide bonds. The molecule has 0 aliphatic carbocycles. The predicted octanol–water partition coefficient (Wildman–Crippen LogP) is 3.47. The Kier molecular flexibility index (Phi) is 7.06. The minimum absolute atomic E-state index is 0.0565. The zero-order chi connectivity index (χ0) is 21.5. The molecule has 2 aromatic carbocycles. The summed E-state index contributed by atoms with van der Waals surface area (Å²) in [5.41, 5.74) is 3.48. The number of para-hydroxylation sites is 1. The Hall–Kier alpha value is -3.35. The molecule has 0 saturated carbocycles. The lowest BCUT2D eigenvalue weighted by Gasteiger charge is -2.19. The summed E-state index contributed by atoms with van der Waals surface area (Å²) in [7, 11) is 1.58. The monoisotopic (exact) mass is 408 g/mol. The molecule has 0 atom stereocenters. The van der Waals surface area contributed by atoms with E-state index in [1.54, 1.807) is 19.2 Å². The fourth-order valence-corrected chi connectivity index (χ4v) is 3.43. The van der Waals surface area contributed by atoms with Crippen molar-refractivity contribution in [2.24, 2.45) is 0 Å². The van der Waals surface area contributed by atoms with Gasteiger partial charge in [-0.05, 0) is 42.2 Å². The molecule has 2 N–H and O–H groups in total. The highest BCUT2D eigenvalue weighted by Gasteiger charge is 2.20. The van der Waals surface area contributed by atoms with E-state index in [1.807, 2.05) is 48.2 Å². The number of hydrogen-bond acceptors (Lipinski definition) is 3. The lowest BCUT2D eigenvalue weighted by atomic mass is 10.1. The van der Waals surface area contributed by atoms with Gasteiger partial charge in [-0.25, -0.2) is 4.79 Å². The van der Waals surface area contributed by atoms with Gasteiger partial charge in [0.15, 0.2) is 0 Å². The van der Waals surface area contributed by atoms with Crippen LogP contribution in [0.5, 0.6) is 0 Å². The van der Waals surface area contributed by atoms with Crippen LogP contribution >= 0.6 is 0 Å². The van der Waals surface area contributed by atoms with Crippen molar-refractivity contribution in [3.05, 3.63) is 59.7 Å². The molecule has 0 radical (unpaired) electrons. The van der Waals surface area contributed by atoms with Crippen molar-refractivity contribution in [1.82, 2.24) is 9.80 Å². The van der Waals surface area contributed by atoms with Crippen molar-refractivity contribution in [2.45, 2.75) is 32.7 Å². The molecule has 3 rings (SSSR count). The molecule has 1 fully saturated rings. The summed E-state index contributed by atoms with van der Waals surface area (Å²) in [5.74, 6) is -0.0620. The molecule has 0 unspecified atom stereocenters. The summed E-state index contributed by atoms with van der Waals surface area (Å²) in [6.45, 7) is 3.36. The van der Waals surface area contributed by atoms with E-state index in [-0.39, 0.29) is 24.4 Å². The van der Waals surface area contributed by atoms with Crippen LogP contribution in [0.25, 0.3) is 0 Å². The van der Waals surface area contributed by atoms with E-state index in [1.165, 1.54) is 4.90 Å². The summed E-state index contributed by atoms with van der Waals surface area (Å²) >= 11 is 0. The summed E-state index contributed by atoms with van der Waals surface area (Å²) in [5, 5.41) is 5.65. The molecule has 7 heteroatoms. The Balaban J connectivity index is 1.50. The minimum atomic E-state index is -0.364. The molecule has 30 heavy (non-hydrogen) atoms. The Morgan fingerprint density at radius 1 is 1.07 bits per heavy atom. The van der Waals surface area contributed by atoms with Gasteiger partial charge >= 0.3 is 6.03 Å². The quantitative estimate of drug-likeness (QED) is 0.736. The van der Waals surface area contributed by atoms with Crippen molar-refractivity contribution >= 4 is 29.2 Å². The smallest absolute Gasteiger partial charge is 0.322 e. The molecule has 2 aromatic rings. The van der Waals surface area contributed by atoms with Crippen LogP contribution in [-0.4, -0.2) is 47.8 Å². The first-order valence-corrected chi connectivity index (χ1v) is 10.2. The third kappa shape index (κ3) is 5.59. The number of rotatable bonds is 7. The second-order valence-corrected chi connectivity index (χ2v) is 7.46.